The van der Waals surface area contributed by atoms with Gasteiger partial charge >= 0.3 is 0 Å². The summed E-state index contributed by atoms with van der Waals surface area (Å²) in [6, 6.07) is 12.4. The first-order chi connectivity index (χ1) is 13.2. The molecule has 0 radical (unpaired) electrons. The van der Waals surface area contributed by atoms with E-state index in [1.807, 2.05) is 17.0 Å². The van der Waals surface area contributed by atoms with Crippen LogP contribution in [0, 0.1) is 0 Å². The molecular formula is C21H27N3O3. The number of nitrogens with zero attached hydrogens (tertiary/aromatic N) is 2. The van der Waals surface area contributed by atoms with E-state index in [-0.39, 0.29) is 12.0 Å². The summed E-state index contributed by atoms with van der Waals surface area (Å²) in [6.45, 7) is 6.17. The van der Waals surface area contributed by atoms with Crippen molar-refractivity contribution in [2.75, 3.05) is 59.5 Å². The molecule has 0 aromatic heterocycles. The Kier molecular flexibility index (Phi) is 5.57. The van der Waals surface area contributed by atoms with Crippen LogP contribution in [-0.4, -0.2) is 75.2 Å². The van der Waals surface area contributed by atoms with Crippen LogP contribution in [0.15, 0.2) is 36.4 Å². The number of methoxy groups -OCH3 is 1. The molecule has 6 heteroatoms. The number of carbonyl (C=O) groups is 1. The minimum Gasteiger partial charge on any atom is -0.497 e. The Bertz CT molecular complexity index is 804. The number of amides is 1. The van der Waals surface area contributed by atoms with Crippen molar-refractivity contribution in [2.45, 2.75) is 6.10 Å². The second kappa shape index (κ2) is 8.25. The lowest BCUT2D eigenvalue weighted by atomic mass is 10.0. The van der Waals surface area contributed by atoms with Gasteiger partial charge < -0.3 is 19.7 Å². The number of nitrogens with one attached hydrogen (secondary N) is 1. The summed E-state index contributed by atoms with van der Waals surface area (Å²) in [7, 11) is 1.68. The van der Waals surface area contributed by atoms with Gasteiger partial charge in [0.2, 0.25) is 5.91 Å². The molecule has 0 spiro atoms. The van der Waals surface area contributed by atoms with E-state index < -0.39 is 0 Å². The standard InChI is InChI=1S/C21H27N3O3/c1-26-19-5-4-16-12-18(3-2-17(16)13-19)20-14-24(10-11-27-20)21(25)15-23-8-6-22-7-9-23/h2-5,12-13,20,22H,6-11,14-15H2,1H3. The Morgan fingerprint density at radius 1 is 1.15 bits per heavy atom. The van der Waals surface area contributed by atoms with Gasteiger partial charge in [0.1, 0.15) is 11.9 Å². The van der Waals surface area contributed by atoms with Crippen LogP contribution in [0.4, 0.5) is 0 Å². The van der Waals surface area contributed by atoms with Gasteiger partial charge in [0, 0.05) is 32.7 Å². The molecule has 2 fully saturated rings. The van der Waals surface area contributed by atoms with E-state index in [0.29, 0.717) is 26.2 Å². The molecule has 1 N–H and O–H groups in total. The summed E-state index contributed by atoms with van der Waals surface area (Å²) in [5, 5.41) is 5.62. The molecule has 2 heterocycles. The number of hydrogen-bond acceptors (Lipinski definition) is 5. The first-order valence-corrected chi connectivity index (χ1v) is 9.63. The lowest BCUT2D eigenvalue weighted by molar-refractivity contribution is -0.140. The van der Waals surface area contributed by atoms with E-state index >= 15 is 0 Å². The van der Waals surface area contributed by atoms with E-state index in [9.17, 15) is 4.79 Å². The molecule has 2 saturated heterocycles. The smallest absolute Gasteiger partial charge is 0.236 e. The van der Waals surface area contributed by atoms with Crippen molar-refractivity contribution in [2.24, 2.45) is 0 Å². The van der Waals surface area contributed by atoms with E-state index in [4.69, 9.17) is 9.47 Å². The van der Waals surface area contributed by atoms with Crippen LogP contribution in [0.5, 0.6) is 5.75 Å². The van der Waals surface area contributed by atoms with Gasteiger partial charge in [-0.2, -0.15) is 0 Å². The minimum absolute atomic E-state index is 0.0720. The van der Waals surface area contributed by atoms with Crippen LogP contribution >= 0.6 is 0 Å². The average molecular weight is 369 g/mol. The second-order valence-electron chi connectivity index (χ2n) is 7.20. The molecule has 0 bridgehead atoms. The fourth-order valence-electron chi connectivity index (χ4n) is 3.81. The zero-order valence-electron chi connectivity index (χ0n) is 15.8. The third kappa shape index (κ3) is 4.24. The Morgan fingerprint density at radius 3 is 2.74 bits per heavy atom. The summed E-state index contributed by atoms with van der Waals surface area (Å²) in [5.74, 6) is 1.06. The SMILES string of the molecule is COc1ccc2cc(C3CN(C(=O)CN4CCNCC4)CCO3)ccc2c1. The maximum absolute atomic E-state index is 12.7. The quantitative estimate of drug-likeness (QED) is 0.888. The van der Waals surface area contributed by atoms with Gasteiger partial charge in [-0.05, 0) is 34.5 Å². The second-order valence-corrected chi connectivity index (χ2v) is 7.20. The predicted molar refractivity (Wildman–Crippen MR) is 105 cm³/mol. The molecule has 6 nitrogen and oxygen atoms in total. The molecule has 144 valence electrons. The molecule has 4 rings (SSSR count). The summed E-state index contributed by atoms with van der Waals surface area (Å²) >= 11 is 0. The number of hydrogen-bond donors (Lipinski definition) is 1. The predicted octanol–water partition coefficient (Wildman–Crippen LogP) is 1.65. The van der Waals surface area contributed by atoms with Crippen LogP contribution in [0.25, 0.3) is 10.8 Å². The maximum atomic E-state index is 12.7. The lowest BCUT2D eigenvalue weighted by Crippen LogP contribution is -2.50. The highest BCUT2D eigenvalue weighted by Crippen LogP contribution is 2.28. The first kappa shape index (κ1) is 18.2. The minimum atomic E-state index is -0.0720. The van der Waals surface area contributed by atoms with Gasteiger partial charge in [0.15, 0.2) is 0 Å². The van der Waals surface area contributed by atoms with E-state index in [1.54, 1.807) is 7.11 Å². The summed E-state index contributed by atoms with van der Waals surface area (Å²) in [4.78, 5) is 16.9. The third-order valence-electron chi connectivity index (χ3n) is 5.43. The number of piperazine rings is 1. The van der Waals surface area contributed by atoms with Crippen molar-refractivity contribution in [1.29, 1.82) is 0 Å². The largest absolute Gasteiger partial charge is 0.497 e. The van der Waals surface area contributed by atoms with Gasteiger partial charge in [0.25, 0.3) is 0 Å². The molecule has 1 unspecified atom stereocenters. The Balaban J connectivity index is 1.44. The number of rotatable bonds is 4. The molecule has 0 aliphatic carbocycles. The fraction of sp³-hybridized carbons (Fsp3) is 0.476. The van der Waals surface area contributed by atoms with Crippen molar-refractivity contribution in [3.05, 3.63) is 42.0 Å². The molecule has 2 aliphatic heterocycles. The number of benzene rings is 2. The van der Waals surface area contributed by atoms with Crippen molar-refractivity contribution < 1.29 is 14.3 Å². The zero-order valence-corrected chi connectivity index (χ0v) is 15.8. The maximum Gasteiger partial charge on any atom is 0.236 e. The molecular weight excluding hydrogens is 342 g/mol. The fourth-order valence-corrected chi connectivity index (χ4v) is 3.81. The number of carbonyl (C=O) groups excluding carboxylic acids is 1. The molecule has 2 aromatic rings. The van der Waals surface area contributed by atoms with Gasteiger partial charge in [-0.1, -0.05) is 18.2 Å². The lowest BCUT2D eigenvalue weighted by Gasteiger charge is -2.35. The normalized spacial score (nSPS) is 21.4. The monoisotopic (exact) mass is 369 g/mol. The number of fused-ring (bicyclic) bond motifs is 1. The summed E-state index contributed by atoms with van der Waals surface area (Å²) < 4.78 is 11.3. The van der Waals surface area contributed by atoms with Crippen molar-refractivity contribution >= 4 is 16.7 Å². The highest BCUT2D eigenvalue weighted by atomic mass is 16.5. The highest BCUT2D eigenvalue weighted by molar-refractivity contribution is 5.84. The highest BCUT2D eigenvalue weighted by Gasteiger charge is 2.26. The Labute approximate surface area is 160 Å². The van der Waals surface area contributed by atoms with Crippen molar-refractivity contribution in [1.82, 2.24) is 15.1 Å². The molecule has 2 aliphatic rings. The summed E-state index contributed by atoms with van der Waals surface area (Å²) in [6.07, 6.45) is -0.0720. The molecule has 27 heavy (non-hydrogen) atoms. The van der Waals surface area contributed by atoms with Gasteiger partial charge in [0.05, 0.1) is 26.8 Å². The van der Waals surface area contributed by atoms with E-state index in [2.05, 4.69) is 34.5 Å². The average Bonchev–Trinajstić information content (AvgIpc) is 2.73. The topological polar surface area (TPSA) is 54.0 Å². The van der Waals surface area contributed by atoms with Gasteiger partial charge in [-0.25, -0.2) is 0 Å². The van der Waals surface area contributed by atoms with Crippen molar-refractivity contribution in [3.63, 3.8) is 0 Å². The molecule has 2 aromatic carbocycles. The van der Waals surface area contributed by atoms with Crippen LogP contribution in [-0.2, 0) is 9.53 Å². The molecule has 1 atom stereocenters. The molecule has 1 amide bonds. The molecule has 0 saturated carbocycles. The zero-order chi connectivity index (χ0) is 18.6. The first-order valence-electron chi connectivity index (χ1n) is 9.63. The van der Waals surface area contributed by atoms with Crippen LogP contribution < -0.4 is 10.1 Å². The van der Waals surface area contributed by atoms with Gasteiger partial charge in [-0.15, -0.1) is 0 Å². The van der Waals surface area contributed by atoms with Crippen LogP contribution in [0.1, 0.15) is 11.7 Å². The number of morpholine rings is 1. The van der Waals surface area contributed by atoms with E-state index in [0.717, 1.165) is 48.3 Å². The Morgan fingerprint density at radius 2 is 1.93 bits per heavy atom. The summed E-state index contributed by atoms with van der Waals surface area (Å²) in [5.41, 5.74) is 1.12. The number of ether oxygens (including phenoxy) is 2. The third-order valence-corrected chi connectivity index (χ3v) is 5.43. The van der Waals surface area contributed by atoms with Crippen LogP contribution in [0.2, 0.25) is 0 Å². The van der Waals surface area contributed by atoms with Crippen molar-refractivity contribution in [3.8, 4) is 5.75 Å². The van der Waals surface area contributed by atoms with E-state index in [1.165, 1.54) is 0 Å². The Hall–Kier alpha value is -2.15. The van der Waals surface area contributed by atoms with Gasteiger partial charge in [-0.3, -0.25) is 9.69 Å². The van der Waals surface area contributed by atoms with Crippen LogP contribution in [0.3, 0.4) is 0 Å².